The fourth-order valence-electron chi connectivity index (χ4n) is 3.48. The summed E-state index contributed by atoms with van der Waals surface area (Å²) in [6.45, 7) is 1.52. The highest BCUT2D eigenvalue weighted by atomic mass is 16.5. The Kier molecular flexibility index (Phi) is 5.01. The van der Waals surface area contributed by atoms with Crippen LogP contribution >= 0.6 is 0 Å². The molecule has 1 aliphatic carbocycles. The van der Waals surface area contributed by atoms with Gasteiger partial charge in [-0.05, 0) is 32.1 Å². The molecule has 0 aromatic rings. The number of amides is 1. The van der Waals surface area contributed by atoms with Crippen molar-refractivity contribution >= 4 is 5.91 Å². The lowest BCUT2D eigenvalue weighted by atomic mass is 9.94. The number of nitrogens with zero attached hydrogens (tertiary/aromatic N) is 1. The number of methoxy groups -OCH3 is 1. The van der Waals surface area contributed by atoms with Crippen molar-refractivity contribution in [3.8, 4) is 0 Å². The van der Waals surface area contributed by atoms with E-state index in [9.17, 15) is 9.90 Å². The van der Waals surface area contributed by atoms with Crippen LogP contribution in [0.2, 0.25) is 0 Å². The van der Waals surface area contributed by atoms with Crippen molar-refractivity contribution in [2.24, 2.45) is 5.92 Å². The smallest absolute Gasteiger partial charge is 0.222 e. The molecule has 4 nitrogen and oxygen atoms in total. The average Bonchev–Trinajstić information content (AvgIpc) is 2.97. The molecule has 2 rings (SSSR count). The Morgan fingerprint density at radius 3 is 2.83 bits per heavy atom. The molecule has 3 atom stereocenters. The molecular weight excluding hydrogens is 230 g/mol. The zero-order valence-corrected chi connectivity index (χ0v) is 11.3. The van der Waals surface area contributed by atoms with Gasteiger partial charge in [0, 0.05) is 38.6 Å². The molecule has 0 aromatic heterocycles. The molecule has 1 saturated heterocycles. The molecule has 104 valence electrons. The van der Waals surface area contributed by atoms with Crippen LogP contribution in [0.3, 0.4) is 0 Å². The number of hydrogen-bond donors (Lipinski definition) is 1. The number of carbonyl (C=O) groups is 1. The number of rotatable bonds is 5. The molecular formula is C14H25NO3. The quantitative estimate of drug-likeness (QED) is 0.759. The summed E-state index contributed by atoms with van der Waals surface area (Å²) in [5, 5.41) is 10.0. The highest BCUT2D eigenvalue weighted by molar-refractivity contribution is 5.76. The average molecular weight is 255 g/mol. The summed E-state index contributed by atoms with van der Waals surface area (Å²) in [7, 11) is 1.66. The second-order valence-electron chi connectivity index (χ2n) is 5.56. The molecule has 0 bridgehead atoms. The molecule has 18 heavy (non-hydrogen) atoms. The van der Waals surface area contributed by atoms with E-state index < -0.39 is 0 Å². The summed E-state index contributed by atoms with van der Waals surface area (Å²) in [5.41, 5.74) is 0. The van der Waals surface area contributed by atoms with E-state index in [4.69, 9.17) is 4.74 Å². The minimum atomic E-state index is -0.192. The lowest BCUT2D eigenvalue weighted by Gasteiger charge is -2.31. The summed E-state index contributed by atoms with van der Waals surface area (Å²) < 4.78 is 4.99. The summed E-state index contributed by atoms with van der Waals surface area (Å²) in [5.74, 6) is 0.563. The van der Waals surface area contributed by atoms with E-state index in [0.717, 1.165) is 45.1 Å². The highest BCUT2D eigenvalue weighted by Crippen LogP contribution is 2.36. The summed E-state index contributed by atoms with van der Waals surface area (Å²) in [6.07, 6.45) is 6.43. The molecule has 1 aliphatic heterocycles. The van der Waals surface area contributed by atoms with Crippen LogP contribution in [0.15, 0.2) is 0 Å². The molecule has 1 N–H and O–H groups in total. The van der Waals surface area contributed by atoms with Crippen LogP contribution in [0.25, 0.3) is 0 Å². The predicted octanol–water partition coefficient (Wildman–Crippen LogP) is 1.56. The molecule has 4 heteroatoms. The van der Waals surface area contributed by atoms with Crippen LogP contribution in [0.4, 0.5) is 0 Å². The first-order valence-electron chi connectivity index (χ1n) is 7.20. The second-order valence-corrected chi connectivity index (χ2v) is 5.56. The van der Waals surface area contributed by atoms with Crippen molar-refractivity contribution < 1.29 is 14.6 Å². The molecule has 0 radical (unpaired) electrons. The fourth-order valence-corrected chi connectivity index (χ4v) is 3.48. The van der Waals surface area contributed by atoms with Crippen LogP contribution in [-0.2, 0) is 9.53 Å². The molecule has 1 saturated carbocycles. The van der Waals surface area contributed by atoms with Gasteiger partial charge in [-0.1, -0.05) is 6.42 Å². The third-order valence-corrected chi connectivity index (χ3v) is 4.38. The number of aliphatic hydroxyl groups is 1. The van der Waals surface area contributed by atoms with Crippen LogP contribution in [-0.4, -0.2) is 48.3 Å². The van der Waals surface area contributed by atoms with E-state index >= 15 is 0 Å². The van der Waals surface area contributed by atoms with E-state index in [1.165, 1.54) is 0 Å². The summed E-state index contributed by atoms with van der Waals surface area (Å²) in [4.78, 5) is 14.2. The maximum atomic E-state index is 12.2. The number of likely N-dealkylation sites (tertiary alicyclic amines) is 1. The maximum absolute atomic E-state index is 12.2. The van der Waals surface area contributed by atoms with Gasteiger partial charge < -0.3 is 14.7 Å². The van der Waals surface area contributed by atoms with Gasteiger partial charge in [-0.15, -0.1) is 0 Å². The Balaban J connectivity index is 1.88. The Morgan fingerprint density at radius 1 is 1.33 bits per heavy atom. The molecule has 0 spiro atoms. The van der Waals surface area contributed by atoms with E-state index in [2.05, 4.69) is 0 Å². The number of aliphatic hydroxyl groups excluding tert-OH is 1. The zero-order chi connectivity index (χ0) is 13.0. The van der Waals surface area contributed by atoms with Gasteiger partial charge in [-0.25, -0.2) is 0 Å². The standard InChI is InChI=1S/C14H25NO3/c1-18-10-4-8-14(17)15-9-3-6-12(15)11-5-2-7-13(11)16/h11-13,16H,2-10H2,1H3. The predicted molar refractivity (Wildman–Crippen MR) is 69.2 cm³/mol. The largest absolute Gasteiger partial charge is 0.393 e. The van der Waals surface area contributed by atoms with E-state index in [1.807, 2.05) is 4.90 Å². The van der Waals surface area contributed by atoms with Gasteiger partial charge >= 0.3 is 0 Å². The molecule has 0 aromatic carbocycles. The van der Waals surface area contributed by atoms with E-state index in [0.29, 0.717) is 18.9 Å². The van der Waals surface area contributed by atoms with Crippen LogP contribution < -0.4 is 0 Å². The Bertz CT molecular complexity index is 282. The summed E-state index contributed by atoms with van der Waals surface area (Å²) >= 11 is 0. The van der Waals surface area contributed by atoms with Gasteiger partial charge in [0.1, 0.15) is 0 Å². The van der Waals surface area contributed by atoms with Crippen molar-refractivity contribution in [2.45, 2.75) is 57.1 Å². The van der Waals surface area contributed by atoms with Crippen molar-refractivity contribution in [1.29, 1.82) is 0 Å². The molecule has 2 aliphatic rings. The van der Waals surface area contributed by atoms with Crippen molar-refractivity contribution in [1.82, 2.24) is 4.90 Å². The van der Waals surface area contributed by atoms with Gasteiger partial charge in [0.05, 0.1) is 6.10 Å². The third-order valence-electron chi connectivity index (χ3n) is 4.38. The molecule has 3 unspecified atom stereocenters. The Morgan fingerprint density at radius 2 is 2.17 bits per heavy atom. The van der Waals surface area contributed by atoms with Gasteiger partial charge in [0.2, 0.25) is 5.91 Å². The number of ether oxygens (including phenoxy) is 1. The van der Waals surface area contributed by atoms with Crippen LogP contribution in [0.5, 0.6) is 0 Å². The molecule has 1 heterocycles. The first-order chi connectivity index (χ1) is 8.74. The van der Waals surface area contributed by atoms with Gasteiger partial charge in [0.25, 0.3) is 0 Å². The van der Waals surface area contributed by atoms with Crippen molar-refractivity contribution in [3.05, 3.63) is 0 Å². The molecule has 1 amide bonds. The van der Waals surface area contributed by atoms with Crippen LogP contribution in [0, 0.1) is 5.92 Å². The monoisotopic (exact) mass is 255 g/mol. The maximum Gasteiger partial charge on any atom is 0.222 e. The minimum Gasteiger partial charge on any atom is -0.393 e. The van der Waals surface area contributed by atoms with Gasteiger partial charge in [-0.3, -0.25) is 4.79 Å². The zero-order valence-electron chi connectivity index (χ0n) is 11.3. The molecule has 2 fully saturated rings. The summed E-state index contributed by atoms with van der Waals surface area (Å²) in [6, 6.07) is 0.289. The van der Waals surface area contributed by atoms with Crippen LogP contribution in [0.1, 0.15) is 44.9 Å². The minimum absolute atomic E-state index is 0.192. The van der Waals surface area contributed by atoms with Gasteiger partial charge in [-0.2, -0.15) is 0 Å². The van der Waals surface area contributed by atoms with Gasteiger partial charge in [0.15, 0.2) is 0 Å². The van der Waals surface area contributed by atoms with E-state index in [-0.39, 0.29) is 18.1 Å². The fraction of sp³-hybridized carbons (Fsp3) is 0.929. The van der Waals surface area contributed by atoms with E-state index in [1.54, 1.807) is 7.11 Å². The topological polar surface area (TPSA) is 49.8 Å². The number of carbonyl (C=O) groups excluding carboxylic acids is 1. The Labute approximate surface area is 109 Å². The Hall–Kier alpha value is -0.610. The third kappa shape index (κ3) is 3.04. The first-order valence-corrected chi connectivity index (χ1v) is 7.20. The number of hydrogen-bond acceptors (Lipinski definition) is 3. The van der Waals surface area contributed by atoms with Crippen molar-refractivity contribution in [3.63, 3.8) is 0 Å². The lowest BCUT2D eigenvalue weighted by Crippen LogP contribution is -2.42. The SMILES string of the molecule is COCCCC(=O)N1CCCC1C1CCCC1O. The second kappa shape index (κ2) is 6.53. The highest BCUT2D eigenvalue weighted by Gasteiger charge is 2.39. The van der Waals surface area contributed by atoms with Crippen molar-refractivity contribution in [2.75, 3.05) is 20.3 Å². The lowest BCUT2D eigenvalue weighted by molar-refractivity contribution is -0.133. The normalized spacial score (nSPS) is 32.1. The first kappa shape index (κ1) is 13.8.